The van der Waals surface area contributed by atoms with E-state index in [1.54, 1.807) is 0 Å². The van der Waals surface area contributed by atoms with Gasteiger partial charge in [0.1, 0.15) is 11.6 Å². The zero-order chi connectivity index (χ0) is 12.7. The van der Waals surface area contributed by atoms with Crippen LogP contribution in [0.5, 0.6) is 0 Å². The Morgan fingerprint density at radius 2 is 1.83 bits per heavy atom. The van der Waals surface area contributed by atoms with Crippen molar-refractivity contribution in [3.05, 3.63) is 24.3 Å². The van der Waals surface area contributed by atoms with Crippen molar-refractivity contribution in [1.82, 2.24) is 14.7 Å². The molecule has 18 heavy (non-hydrogen) atoms. The van der Waals surface area contributed by atoms with Crippen molar-refractivity contribution in [3.63, 3.8) is 0 Å². The molecule has 2 aliphatic heterocycles. The molecule has 3 aliphatic rings. The van der Waals surface area contributed by atoms with E-state index >= 15 is 0 Å². The average molecular weight is 246 g/mol. The van der Waals surface area contributed by atoms with Gasteiger partial charge < -0.3 is 14.7 Å². The lowest BCUT2D eigenvalue weighted by Gasteiger charge is -2.40. The van der Waals surface area contributed by atoms with Gasteiger partial charge in [0.2, 0.25) is 0 Å². The SMILES string of the molecule is C=C1N=C(C2CC2)C=C(N2CCN(C)CC2)N1C. The third-order valence-corrected chi connectivity index (χ3v) is 4.09. The molecule has 0 atom stereocenters. The second-order valence-electron chi connectivity index (χ2n) is 5.58. The first kappa shape index (κ1) is 11.8. The number of allylic oxidation sites excluding steroid dienone is 1. The van der Waals surface area contributed by atoms with E-state index in [4.69, 9.17) is 0 Å². The van der Waals surface area contributed by atoms with Crippen LogP contribution >= 0.6 is 0 Å². The Balaban J connectivity index is 1.80. The molecule has 1 saturated carbocycles. The van der Waals surface area contributed by atoms with Crippen LogP contribution in [0.1, 0.15) is 12.8 Å². The van der Waals surface area contributed by atoms with Gasteiger partial charge in [-0.15, -0.1) is 0 Å². The highest BCUT2D eigenvalue weighted by molar-refractivity contribution is 6.00. The third-order valence-electron chi connectivity index (χ3n) is 4.09. The zero-order valence-corrected chi connectivity index (χ0v) is 11.4. The second-order valence-corrected chi connectivity index (χ2v) is 5.58. The van der Waals surface area contributed by atoms with E-state index in [0.29, 0.717) is 5.92 Å². The molecule has 0 amide bonds. The van der Waals surface area contributed by atoms with Crippen LogP contribution in [0.4, 0.5) is 0 Å². The van der Waals surface area contributed by atoms with E-state index in [2.05, 4.69) is 46.4 Å². The quantitative estimate of drug-likeness (QED) is 0.734. The van der Waals surface area contributed by atoms with Gasteiger partial charge in [-0.2, -0.15) is 0 Å². The molecule has 0 N–H and O–H groups in total. The summed E-state index contributed by atoms with van der Waals surface area (Å²) in [6.45, 7) is 8.53. The molecule has 0 radical (unpaired) electrons. The molecule has 4 nitrogen and oxygen atoms in total. The highest BCUT2D eigenvalue weighted by Gasteiger charge is 2.31. The number of aliphatic imine (C=N–C) groups is 1. The molecule has 1 saturated heterocycles. The predicted molar refractivity (Wildman–Crippen MR) is 74.2 cm³/mol. The van der Waals surface area contributed by atoms with Crippen LogP contribution in [0.2, 0.25) is 0 Å². The van der Waals surface area contributed by atoms with Crippen molar-refractivity contribution in [3.8, 4) is 0 Å². The number of hydrogen-bond donors (Lipinski definition) is 0. The number of likely N-dealkylation sites (N-methyl/N-ethyl adjacent to an activating group) is 1. The summed E-state index contributed by atoms with van der Waals surface area (Å²) >= 11 is 0. The summed E-state index contributed by atoms with van der Waals surface area (Å²) in [6.07, 6.45) is 4.86. The van der Waals surface area contributed by atoms with E-state index < -0.39 is 0 Å². The number of rotatable bonds is 2. The Morgan fingerprint density at radius 3 is 2.44 bits per heavy atom. The summed E-state index contributed by atoms with van der Waals surface area (Å²) in [5.41, 5.74) is 1.24. The minimum absolute atomic E-state index is 0.693. The van der Waals surface area contributed by atoms with Crippen LogP contribution < -0.4 is 0 Å². The maximum Gasteiger partial charge on any atom is 0.126 e. The standard InChI is InChI=1S/C14H22N4/c1-11-15-13(12-4-5-12)10-14(17(11)3)18-8-6-16(2)7-9-18/h10,12H,1,4-9H2,2-3H3. The van der Waals surface area contributed by atoms with Crippen LogP contribution in [-0.4, -0.2) is 60.7 Å². The second kappa shape index (κ2) is 4.43. The van der Waals surface area contributed by atoms with Gasteiger partial charge in [0.15, 0.2) is 0 Å². The van der Waals surface area contributed by atoms with Gasteiger partial charge >= 0.3 is 0 Å². The van der Waals surface area contributed by atoms with E-state index in [1.165, 1.54) is 24.4 Å². The average Bonchev–Trinajstić information content (AvgIpc) is 3.18. The van der Waals surface area contributed by atoms with Gasteiger partial charge in [-0.1, -0.05) is 6.58 Å². The molecule has 3 rings (SSSR count). The molecule has 2 heterocycles. The minimum Gasteiger partial charge on any atom is -0.355 e. The fourth-order valence-corrected chi connectivity index (χ4v) is 2.54. The highest BCUT2D eigenvalue weighted by atomic mass is 15.4. The monoisotopic (exact) mass is 246 g/mol. The summed E-state index contributed by atoms with van der Waals surface area (Å²) in [5.74, 6) is 2.86. The lowest BCUT2D eigenvalue weighted by atomic mass is 10.2. The Kier molecular flexibility index (Phi) is 2.90. The van der Waals surface area contributed by atoms with Crippen LogP contribution in [0, 0.1) is 5.92 Å². The van der Waals surface area contributed by atoms with Crippen molar-refractivity contribution in [1.29, 1.82) is 0 Å². The lowest BCUT2D eigenvalue weighted by Crippen LogP contribution is -2.47. The number of piperazine rings is 1. The Labute approximate surface area is 109 Å². The topological polar surface area (TPSA) is 22.1 Å². The van der Waals surface area contributed by atoms with Crippen molar-refractivity contribution < 1.29 is 0 Å². The molecular weight excluding hydrogens is 224 g/mol. The van der Waals surface area contributed by atoms with Crippen LogP contribution in [0.15, 0.2) is 29.3 Å². The van der Waals surface area contributed by atoms with E-state index in [-0.39, 0.29) is 0 Å². The number of hydrogen-bond acceptors (Lipinski definition) is 4. The van der Waals surface area contributed by atoms with E-state index in [9.17, 15) is 0 Å². The molecule has 4 heteroatoms. The molecule has 0 bridgehead atoms. The smallest absolute Gasteiger partial charge is 0.126 e. The highest BCUT2D eigenvalue weighted by Crippen LogP contribution is 2.34. The lowest BCUT2D eigenvalue weighted by molar-refractivity contribution is 0.156. The summed E-state index contributed by atoms with van der Waals surface area (Å²) in [7, 11) is 4.26. The van der Waals surface area contributed by atoms with E-state index in [0.717, 1.165) is 32.0 Å². The maximum absolute atomic E-state index is 4.62. The summed E-state index contributed by atoms with van der Waals surface area (Å²) in [4.78, 5) is 11.6. The largest absolute Gasteiger partial charge is 0.355 e. The molecule has 2 fully saturated rings. The van der Waals surface area contributed by atoms with Gasteiger partial charge in [-0.05, 0) is 19.9 Å². The fourth-order valence-electron chi connectivity index (χ4n) is 2.54. The molecule has 0 unspecified atom stereocenters. The normalized spacial score (nSPS) is 26.2. The van der Waals surface area contributed by atoms with Gasteiger partial charge in [-0.3, -0.25) is 0 Å². The first-order valence-corrected chi connectivity index (χ1v) is 6.81. The van der Waals surface area contributed by atoms with Gasteiger partial charge in [0, 0.05) is 50.9 Å². The maximum atomic E-state index is 4.62. The summed E-state index contributed by atoms with van der Waals surface area (Å²) in [6, 6.07) is 0. The minimum atomic E-state index is 0.693. The fraction of sp³-hybridized carbons (Fsp3) is 0.643. The molecule has 98 valence electrons. The van der Waals surface area contributed by atoms with Crippen LogP contribution in [0.25, 0.3) is 0 Å². The Morgan fingerprint density at radius 1 is 1.17 bits per heavy atom. The van der Waals surface area contributed by atoms with Crippen LogP contribution in [0.3, 0.4) is 0 Å². The molecular formula is C14H22N4. The van der Waals surface area contributed by atoms with Crippen molar-refractivity contribution >= 4 is 5.71 Å². The summed E-state index contributed by atoms with van der Waals surface area (Å²) in [5, 5.41) is 0. The van der Waals surface area contributed by atoms with Gasteiger partial charge in [0.05, 0.1) is 0 Å². The van der Waals surface area contributed by atoms with E-state index in [1.807, 2.05) is 0 Å². The van der Waals surface area contributed by atoms with Crippen LogP contribution in [-0.2, 0) is 0 Å². The third kappa shape index (κ3) is 2.17. The molecule has 0 aromatic carbocycles. The molecule has 0 aromatic rings. The molecule has 0 aromatic heterocycles. The van der Waals surface area contributed by atoms with Crippen molar-refractivity contribution in [2.24, 2.45) is 10.9 Å². The molecule has 0 spiro atoms. The Hall–Kier alpha value is -1.29. The first-order valence-electron chi connectivity index (χ1n) is 6.81. The Bertz CT molecular complexity index is 412. The predicted octanol–water partition coefficient (Wildman–Crippen LogP) is 1.34. The first-order chi connectivity index (χ1) is 8.65. The van der Waals surface area contributed by atoms with Crippen molar-refractivity contribution in [2.45, 2.75) is 12.8 Å². The number of nitrogens with zero attached hydrogens (tertiary/aromatic N) is 4. The zero-order valence-electron chi connectivity index (χ0n) is 11.4. The summed E-state index contributed by atoms with van der Waals surface area (Å²) < 4.78 is 0. The van der Waals surface area contributed by atoms with Crippen molar-refractivity contribution in [2.75, 3.05) is 40.3 Å². The van der Waals surface area contributed by atoms with Gasteiger partial charge in [0.25, 0.3) is 0 Å². The molecule has 1 aliphatic carbocycles. The van der Waals surface area contributed by atoms with Gasteiger partial charge in [-0.25, -0.2) is 4.99 Å².